The molecule has 1 aromatic heterocycles. The van der Waals surface area contributed by atoms with Crippen molar-refractivity contribution >= 4 is 44.8 Å². The lowest BCUT2D eigenvalue weighted by atomic mass is 9.82. The van der Waals surface area contributed by atoms with Crippen molar-refractivity contribution in [2.24, 2.45) is 16.9 Å². The van der Waals surface area contributed by atoms with Crippen LogP contribution in [0.1, 0.15) is 75.8 Å². The third kappa shape index (κ3) is 12.0. The van der Waals surface area contributed by atoms with E-state index in [4.69, 9.17) is 18.9 Å². The van der Waals surface area contributed by atoms with Gasteiger partial charge >= 0.3 is 11.9 Å². The number of hydrogen-bond donors (Lipinski definition) is 1. The lowest BCUT2D eigenvalue weighted by Gasteiger charge is -2.27. The van der Waals surface area contributed by atoms with E-state index >= 15 is 0 Å². The van der Waals surface area contributed by atoms with E-state index in [0.717, 1.165) is 108 Å². The molecule has 1 saturated carbocycles. The van der Waals surface area contributed by atoms with Crippen molar-refractivity contribution in [2.45, 2.75) is 71.1 Å². The van der Waals surface area contributed by atoms with Crippen LogP contribution in [-0.4, -0.2) is 43.0 Å². The van der Waals surface area contributed by atoms with Crippen LogP contribution in [0.5, 0.6) is 17.2 Å². The van der Waals surface area contributed by atoms with Gasteiger partial charge in [0.15, 0.2) is 0 Å². The molecule has 0 bridgehead atoms. The average Bonchev–Trinajstić information content (AvgIpc) is 3.65. The SMILES string of the molecule is C=CC(=O)OCCCCCCOc1ccc(OC(=O)C2CCC(COc3ccc(-c4ccc(CCC)cc4)c(/C=N/Nc4nc5ccccc5s4)c3)CC2)cc1. The summed E-state index contributed by atoms with van der Waals surface area (Å²) < 4.78 is 24.0. The Morgan fingerprint density at radius 2 is 1.59 bits per heavy atom. The number of aryl methyl sites for hydroxylation is 1. The second-order valence-electron chi connectivity index (χ2n) is 14.1. The fourth-order valence-corrected chi connectivity index (χ4v) is 7.59. The molecule has 1 heterocycles. The Morgan fingerprint density at radius 1 is 0.857 bits per heavy atom. The van der Waals surface area contributed by atoms with E-state index in [1.807, 2.05) is 48.7 Å². The number of carbonyl (C=O) groups is 2. The number of anilines is 1. The standard InChI is InChI=1S/C46H51N3O6S/c1-3-11-33-14-18-35(19-15-33)41-27-26-40(30-37(41)31-47-49-46-48-42-12-7-8-13-43(42)56-46)54-32-34-16-20-36(21-17-34)45(51)55-39-24-22-38(23-25-39)52-28-9-5-6-10-29-53-44(50)4-2/h4,7-8,12-15,18-19,22-27,30-31,34,36H,2-3,5-6,9-11,16-17,20-21,28-29,32H2,1H3,(H,48,49)/b47-31+. The van der Waals surface area contributed by atoms with Gasteiger partial charge in [0.1, 0.15) is 17.2 Å². The molecule has 0 spiro atoms. The summed E-state index contributed by atoms with van der Waals surface area (Å²) in [6.45, 7) is 7.17. The number of esters is 2. The van der Waals surface area contributed by atoms with Crippen LogP contribution in [0.15, 0.2) is 109 Å². The number of thiazole rings is 1. The van der Waals surface area contributed by atoms with E-state index in [0.29, 0.717) is 31.5 Å². The summed E-state index contributed by atoms with van der Waals surface area (Å²) in [6, 6.07) is 30.2. The molecular formula is C46H51N3O6S. The van der Waals surface area contributed by atoms with E-state index < -0.39 is 0 Å². The minimum atomic E-state index is -0.383. The van der Waals surface area contributed by atoms with Gasteiger partial charge in [-0.3, -0.25) is 10.2 Å². The number of rotatable bonds is 20. The van der Waals surface area contributed by atoms with Crippen LogP contribution in [0.25, 0.3) is 21.3 Å². The molecule has 0 aliphatic heterocycles. The minimum absolute atomic E-state index is 0.129. The molecule has 6 rings (SSSR count). The molecule has 0 amide bonds. The Kier molecular flexibility index (Phi) is 15.1. The van der Waals surface area contributed by atoms with Crippen molar-refractivity contribution in [2.75, 3.05) is 25.2 Å². The second kappa shape index (κ2) is 21.0. The first-order chi connectivity index (χ1) is 27.5. The zero-order chi connectivity index (χ0) is 39.0. The first-order valence-corrected chi connectivity index (χ1v) is 20.5. The maximum Gasteiger partial charge on any atom is 0.330 e. The van der Waals surface area contributed by atoms with Gasteiger partial charge in [0, 0.05) is 11.6 Å². The Balaban J connectivity index is 0.957. The normalized spacial score (nSPS) is 15.4. The van der Waals surface area contributed by atoms with Crippen LogP contribution in [0.3, 0.4) is 0 Å². The number of nitrogens with zero attached hydrogens (tertiary/aromatic N) is 2. The number of nitrogens with one attached hydrogen (secondary N) is 1. The molecule has 1 fully saturated rings. The fraction of sp³-hybridized carbons (Fsp3) is 0.348. The van der Waals surface area contributed by atoms with Crippen molar-refractivity contribution < 1.29 is 28.5 Å². The average molecular weight is 774 g/mol. The summed E-state index contributed by atoms with van der Waals surface area (Å²) in [5.41, 5.74) is 8.54. The quantitative estimate of drug-likeness (QED) is 0.0208. The van der Waals surface area contributed by atoms with E-state index in [-0.39, 0.29) is 17.9 Å². The van der Waals surface area contributed by atoms with Gasteiger partial charge < -0.3 is 18.9 Å². The van der Waals surface area contributed by atoms with E-state index in [9.17, 15) is 9.59 Å². The van der Waals surface area contributed by atoms with Crippen LogP contribution in [0.4, 0.5) is 5.13 Å². The molecule has 1 aliphatic rings. The lowest BCUT2D eigenvalue weighted by Crippen LogP contribution is -2.27. The number of ether oxygens (including phenoxy) is 4. The Morgan fingerprint density at radius 3 is 2.34 bits per heavy atom. The zero-order valence-corrected chi connectivity index (χ0v) is 32.9. The number of carbonyl (C=O) groups excluding carboxylic acids is 2. The summed E-state index contributed by atoms with van der Waals surface area (Å²) in [5.74, 6) is 1.71. The molecule has 0 atom stereocenters. The number of para-hydroxylation sites is 1. The van der Waals surface area contributed by atoms with Crippen LogP contribution in [0, 0.1) is 11.8 Å². The van der Waals surface area contributed by atoms with Crippen molar-refractivity contribution in [1.29, 1.82) is 0 Å². The number of hydrogen-bond acceptors (Lipinski definition) is 10. The van der Waals surface area contributed by atoms with Crippen molar-refractivity contribution in [3.63, 3.8) is 0 Å². The van der Waals surface area contributed by atoms with Crippen LogP contribution in [0.2, 0.25) is 0 Å². The second-order valence-corrected chi connectivity index (χ2v) is 15.1. The number of unbranched alkanes of at least 4 members (excludes halogenated alkanes) is 3. The van der Waals surface area contributed by atoms with Gasteiger partial charge in [0.05, 0.1) is 42.2 Å². The van der Waals surface area contributed by atoms with Gasteiger partial charge in [0.2, 0.25) is 5.13 Å². The highest BCUT2D eigenvalue weighted by molar-refractivity contribution is 7.22. The smallest absolute Gasteiger partial charge is 0.330 e. The Bertz CT molecular complexity index is 2020. The molecule has 9 nitrogen and oxygen atoms in total. The fourth-order valence-electron chi connectivity index (χ4n) is 6.78. The predicted molar refractivity (Wildman–Crippen MR) is 225 cm³/mol. The summed E-state index contributed by atoms with van der Waals surface area (Å²) in [6.07, 6.45) is 12.2. The molecule has 4 aromatic carbocycles. The molecule has 1 aliphatic carbocycles. The van der Waals surface area contributed by atoms with Crippen molar-refractivity contribution in [3.05, 3.63) is 115 Å². The Labute approximate surface area is 333 Å². The van der Waals surface area contributed by atoms with Gasteiger partial charge in [-0.05, 0) is 129 Å². The highest BCUT2D eigenvalue weighted by Crippen LogP contribution is 2.33. The third-order valence-corrected chi connectivity index (χ3v) is 10.9. The molecule has 0 unspecified atom stereocenters. The molecule has 0 radical (unpaired) electrons. The highest BCUT2D eigenvalue weighted by atomic mass is 32.1. The van der Waals surface area contributed by atoms with E-state index in [1.54, 1.807) is 23.5 Å². The summed E-state index contributed by atoms with van der Waals surface area (Å²) in [4.78, 5) is 28.7. The highest BCUT2D eigenvalue weighted by Gasteiger charge is 2.28. The van der Waals surface area contributed by atoms with Gasteiger partial charge in [-0.15, -0.1) is 0 Å². The van der Waals surface area contributed by atoms with E-state index in [2.05, 4.69) is 65.4 Å². The molecular weight excluding hydrogens is 723 g/mol. The molecule has 56 heavy (non-hydrogen) atoms. The Hall–Kier alpha value is -5.48. The molecule has 292 valence electrons. The van der Waals surface area contributed by atoms with Gasteiger partial charge in [-0.25, -0.2) is 9.78 Å². The number of aromatic nitrogens is 1. The molecule has 10 heteroatoms. The lowest BCUT2D eigenvalue weighted by molar-refractivity contribution is -0.140. The predicted octanol–water partition coefficient (Wildman–Crippen LogP) is 10.8. The summed E-state index contributed by atoms with van der Waals surface area (Å²) >= 11 is 1.57. The van der Waals surface area contributed by atoms with Crippen molar-refractivity contribution in [1.82, 2.24) is 4.98 Å². The maximum atomic E-state index is 13.0. The maximum absolute atomic E-state index is 13.0. The largest absolute Gasteiger partial charge is 0.494 e. The first-order valence-electron chi connectivity index (χ1n) is 19.7. The van der Waals surface area contributed by atoms with Crippen LogP contribution < -0.4 is 19.6 Å². The van der Waals surface area contributed by atoms with Gasteiger partial charge in [-0.2, -0.15) is 5.10 Å². The number of benzene rings is 4. The summed E-state index contributed by atoms with van der Waals surface area (Å²) in [5, 5.41) is 5.32. The minimum Gasteiger partial charge on any atom is -0.494 e. The van der Waals surface area contributed by atoms with Gasteiger partial charge in [-0.1, -0.05) is 73.7 Å². The zero-order valence-electron chi connectivity index (χ0n) is 32.1. The first kappa shape index (κ1) is 40.2. The monoisotopic (exact) mass is 773 g/mol. The van der Waals surface area contributed by atoms with Gasteiger partial charge in [0.25, 0.3) is 0 Å². The van der Waals surface area contributed by atoms with E-state index in [1.165, 1.54) is 11.6 Å². The third-order valence-electron chi connectivity index (χ3n) is 9.91. The topological polar surface area (TPSA) is 108 Å². The summed E-state index contributed by atoms with van der Waals surface area (Å²) in [7, 11) is 0. The van der Waals surface area contributed by atoms with Crippen LogP contribution in [-0.2, 0) is 20.7 Å². The molecule has 1 N–H and O–H groups in total. The number of hydrazone groups is 1. The number of fused-ring (bicyclic) bond motifs is 1. The molecule has 5 aromatic rings. The molecule has 0 saturated heterocycles. The van der Waals surface area contributed by atoms with Crippen molar-refractivity contribution in [3.8, 4) is 28.4 Å². The van der Waals surface area contributed by atoms with Crippen LogP contribution >= 0.6 is 11.3 Å².